The molecule has 0 spiro atoms. The van der Waals surface area contributed by atoms with Gasteiger partial charge < -0.3 is 19.5 Å². The zero-order valence-corrected chi connectivity index (χ0v) is 18.6. The molecule has 5 nitrogen and oxygen atoms in total. The van der Waals surface area contributed by atoms with Crippen LogP contribution in [0, 0.1) is 13.8 Å². The van der Waals surface area contributed by atoms with Gasteiger partial charge in [0.05, 0.1) is 26.6 Å². The maximum atomic E-state index is 12.0. The molecular formula is C23H31NO4S. The Hall–Kier alpha value is -2.34. The molecule has 0 radical (unpaired) electrons. The number of thioether (sulfide) groups is 1. The van der Waals surface area contributed by atoms with Gasteiger partial charge in [-0.2, -0.15) is 11.8 Å². The quantitative estimate of drug-likeness (QED) is 0.525. The van der Waals surface area contributed by atoms with Gasteiger partial charge in [-0.05, 0) is 73.4 Å². The maximum absolute atomic E-state index is 12.0. The third kappa shape index (κ3) is 8.28. The SMILES string of the molecule is COc1ccc(CCNC(=O)CSCCCOc2cc(C)cc(C)c2)cc1OC. The van der Waals surface area contributed by atoms with E-state index in [0.717, 1.165) is 29.9 Å². The highest BCUT2D eigenvalue weighted by molar-refractivity contribution is 7.99. The zero-order valence-electron chi connectivity index (χ0n) is 17.7. The number of amides is 1. The number of carbonyl (C=O) groups is 1. The first kappa shape index (κ1) is 22.9. The van der Waals surface area contributed by atoms with Crippen LogP contribution in [0.15, 0.2) is 36.4 Å². The van der Waals surface area contributed by atoms with Crippen molar-refractivity contribution in [3.8, 4) is 17.2 Å². The molecule has 29 heavy (non-hydrogen) atoms. The van der Waals surface area contributed by atoms with E-state index in [1.54, 1.807) is 26.0 Å². The number of methoxy groups -OCH3 is 2. The highest BCUT2D eigenvalue weighted by Gasteiger charge is 2.06. The van der Waals surface area contributed by atoms with Crippen LogP contribution in [0.5, 0.6) is 17.2 Å². The van der Waals surface area contributed by atoms with Gasteiger partial charge in [-0.25, -0.2) is 0 Å². The number of hydrogen-bond acceptors (Lipinski definition) is 5. The van der Waals surface area contributed by atoms with E-state index >= 15 is 0 Å². The normalized spacial score (nSPS) is 10.5. The summed E-state index contributed by atoms with van der Waals surface area (Å²) in [5.74, 6) is 3.75. The minimum atomic E-state index is 0.0608. The lowest BCUT2D eigenvalue weighted by Crippen LogP contribution is -2.27. The van der Waals surface area contributed by atoms with Crippen LogP contribution in [0.25, 0.3) is 0 Å². The van der Waals surface area contributed by atoms with Crippen molar-refractivity contribution in [2.24, 2.45) is 0 Å². The molecule has 0 aromatic heterocycles. The summed E-state index contributed by atoms with van der Waals surface area (Å²) in [6.45, 7) is 5.40. The van der Waals surface area contributed by atoms with E-state index in [0.29, 0.717) is 30.4 Å². The highest BCUT2D eigenvalue weighted by Crippen LogP contribution is 2.27. The molecule has 1 amide bonds. The fourth-order valence-corrected chi connectivity index (χ4v) is 3.72. The van der Waals surface area contributed by atoms with Gasteiger partial charge in [0.25, 0.3) is 0 Å². The summed E-state index contributed by atoms with van der Waals surface area (Å²) in [4.78, 5) is 12.0. The highest BCUT2D eigenvalue weighted by atomic mass is 32.2. The summed E-state index contributed by atoms with van der Waals surface area (Å²) < 4.78 is 16.3. The second-order valence-electron chi connectivity index (χ2n) is 6.87. The van der Waals surface area contributed by atoms with Gasteiger partial charge >= 0.3 is 0 Å². The van der Waals surface area contributed by atoms with Crippen molar-refractivity contribution in [3.05, 3.63) is 53.1 Å². The van der Waals surface area contributed by atoms with E-state index in [2.05, 4.69) is 25.2 Å². The second-order valence-corrected chi connectivity index (χ2v) is 7.97. The van der Waals surface area contributed by atoms with Crippen LogP contribution in [0.2, 0.25) is 0 Å². The van der Waals surface area contributed by atoms with Crippen molar-refractivity contribution < 1.29 is 19.0 Å². The van der Waals surface area contributed by atoms with Crippen LogP contribution in [-0.4, -0.2) is 44.8 Å². The first-order chi connectivity index (χ1) is 14.0. The van der Waals surface area contributed by atoms with Crippen molar-refractivity contribution in [2.75, 3.05) is 38.9 Å². The molecule has 0 bridgehead atoms. The average Bonchev–Trinajstić information content (AvgIpc) is 2.69. The van der Waals surface area contributed by atoms with Crippen LogP contribution in [-0.2, 0) is 11.2 Å². The Morgan fingerprint density at radius 3 is 2.41 bits per heavy atom. The van der Waals surface area contributed by atoms with Crippen LogP contribution in [0.3, 0.4) is 0 Å². The average molecular weight is 418 g/mol. The van der Waals surface area contributed by atoms with Crippen molar-refractivity contribution in [3.63, 3.8) is 0 Å². The number of carbonyl (C=O) groups excluding carboxylic acids is 1. The molecule has 0 heterocycles. The van der Waals surface area contributed by atoms with Crippen molar-refractivity contribution in [2.45, 2.75) is 26.7 Å². The summed E-state index contributed by atoms with van der Waals surface area (Å²) in [6.07, 6.45) is 1.66. The second kappa shape index (κ2) is 12.3. The molecule has 0 aliphatic rings. The molecule has 158 valence electrons. The molecule has 0 aliphatic heterocycles. The third-order valence-electron chi connectivity index (χ3n) is 4.31. The summed E-state index contributed by atoms with van der Waals surface area (Å²) in [6, 6.07) is 12.0. The number of rotatable bonds is 12. The van der Waals surface area contributed by atoms with Gasteiger partial charge in [0.2, 0.25) is 5.91 Å². The van der Waals surface area contributed by atoms with Crippen LogP contribution in [0.1, 0.15) is 23.1 Å². The van der Waals surface area contributed by atoms with Crippen molar-refractivity contribution in [1.82, 2.24) is 5.32 Å². The van der Waals surface area contributed by atoms with Crippen LogP contribution >= 0.6 is 11.8 Å². The van der Waals surface area contributed by atoms with Crippen molar-refractivity contribution >= 4 is 17.7 Å². The van der Waals surface area contributed by atoms with Crippen molar-refractivity contribution in [1.29, 1.82) is 0 Å². The number of nitrogens with one attached hydrogen (secondary N) is 1. The molecule has 2 aromatic rings. The van der Waals surface area contributed by atoms with Gasteiger partial charge in [0.1, 0.15) is 5.75 Å². The first-order valence-corrected chi connectivity index (χ1v) is 10.9. The van der Waals surface area contributed by atoms with E-state index in [4.69, 9.17) is 14.2 Å². The molecule has 1 N–H and O–H groups in total. The molecule has 2 aromatic carbocycles. The lowest BCUT2D eigenvalue weighted by atomic mass is 10.1. The van der Waals surface area contributed by atoms with E-state index in [1.165, 1.54) is 11.1 Å². The molecule has 2 rings (SSSR count). The number of hydrogen-bond donors (Lipinski definition) is 1. The number of benzene rings is 2. The Morgan fingerprint density at radius 1 is 1.00 bits per heavy atom. The molecule has 0 atom stereocenters. The van der Waals surface area contributed by atoms with E-state index in [-0.39, 0.29) is 5.91 Å². The maximum Gasteiger partial charge on any atom is 0.230 e. The molecule has 0 aliphatic carbocycles. The van der Waals surface area contributed by atoms with Gasteiger partial charge in [0, 0.05) is 6.54 Å². The lowest BCUT2D eigenvalue weighted by Gasteiger charge is -2.10. The van der Waals surface area contributed by atoms with E-state index < -0.39 is 0 Å². The predicted octanol–water partition coefficient (Wildman–Crippen LogP) is 4.18. The topological polar surface area (TPSA) is 56.8 Å². The fourth-order valence-electron chi connectivity index (χ4n) is 2.97. The zero-order chi connectivity index (χ0) is 21.1. The van der Waals surface area contributed by atoms with E-state index in [9.17, 15) is 4.79 Å². The molecular weight excluding hydrogens is 386 g/mol. The summed E-state index contributed by atoms with van der Waals surface area (Å²) in [5.41, 5.74) is 3.51. The number of aryl methyl sites for hydroxylation is 2. The predicted molar refractivity (Wildman–Crippen MR) is 120 cm³/mol. The van der Waals surface area contributed by atoms with E-state index in [1.807, 2.05) is 30.3 Å². The first-order valence-electron chi connectivity index (χ1n) is 9.78. The van der Waals surface area contributed by atoms with Gasteiger partial charge in [-0.15, -0.1) is 0 Å². The standard InChI is InChI=1S/C23H31NO4S/c1-17-12-18(2)14-20(13-17)28-10-5-11-29-16-23(25)24-9-8-19-6-7-21(26-3)22(15-19)27-4/h6-7,12-15H,5,8-11,16H2,1-4H3,(H,24,25). The molecule has 0 saturated carbocycles. The number of ether oxygens (including phenoxy) is 3. The Kier molecular flexibility index (Phi) is 9.71. The monoisotopic (exact) mass is 417 g/mol. The Balaban J connectivity index is 1.57. The lowest BCUT2D eigenvalue weighted by molar-refractivity contribution is -0.118. The Labute approximate surface area is 178 Å². The molecule has 0 unspecified atom stereocenters. The minimum Gasteiger partial charge on any atom is -0.494 e. The third-order valence-corrected chi connectivity index (χ3v) is 5.36. The largest absolute Gasteiger partial charge is 0.494 e. The van der Waals surface area contributed by atoms with Crippen LogP contribution in [0.4, 0.5) is 0 Å². The van der Waals surface area contributed by atoms with Crippen LogP contribution < -0.4 is 19.5 Å². The van der Waals surface area contributed by atoms with Gasteiger partial charge in [0.15, 0.2) is 11.5 Å². The van der Waals surface area contributed by atoms with Gasteiger partial charge in [-0.3, -0.25) is 4.79 Å². The minimum absolute atomic E-state index is 0.0608. The summed E-state index contributed by atoms with van der Waals surface area (Å²) in [7, 11) is 3.23. The Bertz CT molecular complexity index is 774. The molecule has 0 fully saturated rings. The summed E-state index contributed by atoms with van der Waals surface area (Å²) in [5, 5.41) is 2.96. The molecule has 0 saturated heterocycles. The Morgan fingerprint density at radius 2 is 1.72 bits per heavy atom. The van der Waals surface area contributed by atoms with Gasteiger partial charge in [-0.1, -0.05) is 12.1 Å². The summed E-state index contributed by atoms with van der Waals surface area (Å²) >= 11 is 1.63. The fraction of sp³-hybridized carbons (Fsp3) is 0.435. The smallest absolute Gasteiger partial charge is 0.230 e. The molecule has 6 heteroatoms.